The molecule has 6 heteroatoms. The molecule has 0 bridgehead atoms. The van der Waals surface area contributed by atoms with Crippen LogP contribution in [0.2, 0.25) is 0 Å². The van der Waals surface area contributed by atoms with Crippen molar-refractivity contribution in [3.8, 4) is 0 Å². The van der Waals surface area contributed by atoms with Crippen molar-refractivity contribution < 1.29 is 8.91 Å². The van der Waals surface area contributed by atoms with Crippen molar-refractivity contribution in [2.45, 2.75) is 25.3 Å². The van der Waals surface area contributed by atoms with E-state index in [1.165, 1.54) is 12.0 Å². The zero-order valence-electron chi connectivity index (χ0n) is 14.2. The number of benzene rings is 1. The molecule has 1 aromatic heterocycles. The third-order valence-corrected chi connectivity index (χ3v) is 5.27. The van der Waals surface area contributed by atoms with E-state index in [0.717, 1.165) is 26.2 Å². The van der Waals surface area contributed by atoms with Crippen molar-refractivity contribution >= 4 is 0 Å². The lowest BCUT2D eigenvalue weighted by atomic mass is 10.1. The third kappa shape index (κ3) is 3.21. The van der Waals surface area contributed by atoms with Crippen LogP contribution in [-0.4, -0.2) is 53.2 Å². The summed E-state index contributed by atoms with van der Waals surface area (Å²) in [5, 5.41) is 3.92. The fourth-order valence-corrected chi connectivity index (χ4v) is 3.71. The molecule has 2 aromatic rings. The van der Waals surface area contributed by atoms with Gasteiger partial charge in [0, 0.05) is 26.2 Å². The summed E-state index contributed by atoms with van der Waals surface area (Å²) in [5.74, 6) is 2.49. The van der Waals surface area contributed by atoms with Crippen molar-refractivity contribution in [1.82, 2.24) is 19.9 Å². The number of nitrogens with zero attached hydrogens (tertiary/aromatic N) is 4. The number of rotatable bonds is 4. The molecule has 2 aliphatic rings. The fourth-order valence-electron chi connectivity index (χ4n) is 3.71. The van der Waals surface area contributed by atoms with Gasteiger partial charge in [0.15, 0.2) is 5.82 Å². The molecule has 1 saturated carbocycles. The Morgan fingerprint density at radius 2 is 2.04 bits per heavy atom. The Kier molecular flexibility index (Phi) is 4.10. The normalized spacial score (nSPS) is 28.2. The lowest BCUT2D eigenvalue weighted by Crippen LogP contribution is -2.47. The van der Waals surface area contributed by atoms with Crippen molar-refractivity contribution in [2.24, 2.45) is 5.92 Å². The average molecular weight is 330 g/mol. The summed E-state index contributed by atoms with van der Waals surface area (Å²) in [6, 6.07) is 7.15. The van der Waals surface area contributed by atoms with Gasteiger partial charge in [-0.15, -0.1) is 0 Å². The summed E-state index contributed by atoms with van der Waals surface area (Å²) >= 11 is 0. The van der Waals surface area contributed by atoms with Gasteiger partial charge in [-0.25, -0.2) is 4.39 Å². The van der Waals surface area contributed by atoms with Gasteiger partial charge in [-0.05, 0) is 49.9 Å². The molecule has 1 saturated heterocycles. The van der Waals surface area contributed by atoms with Crippen LogP contribution in [0.15, 0.2) is 28.8 Å². The van der Waals surface area contributed by atoms with Gasteiger partial charge in [-0.3, -0.25) is 9.80 Å². The molecule has 3 atom stereocenters. The van der Waals surface area contributed by atoms with Crippen LogP contribution in [0.5, 0.6) is 0 Å². The van der Waals surface area contributed by atoms with Crippen LogP contribution in [0.1, 0.15) is 35.7 Å². The van der Waals surface area contributed by atoms with E-state index < -0.39 is 0 Å². The van der Waals surface area contributed by atoms with E-state index in [1.807, 2.05) is 19.1 Å². The van der Waals surface area contributed by atoms with Gasteiger partial charge < -0.3 is 4.52 Å². The molecule has 5 nitrogen and oxygen atoms in total. The SMILES string of the molecule is Cc1noc(C2CN(CC3CC3c3ccc(F)cc3)CCN2C)n1. The second-order valence-corrected chi connectivity index (χ2v) is 7.09. The van der Waals surface area contributed by atoms with Gasteiger partial charge in [-0.2, -0.15) is 4.98 Å². The summed E-state index contributed by atoms with van der Waals surface area (Å²) < 4.78 is 18.4. The molecule has 0 radical (unpaired) electrons. The maximum atomic E-state index is 13.1. The first-order valence-corrected chi connectivity index (χ1v) is 8.58. The highest BCUT2D eigenvalue weighted by Crippen LogP contribution is 2.48. The molecule has 1 aliphatic carbocycles. The Balaban J connectivity index is 1.37. The van der Waals surface area contributed by atoms with Crippen LogP contribution >= 0.6 is 0 Å². The Hall–Kier alpha value is -1.79. The van der Waals surface area contributed by atoms with Crippen molar-refractivity contribution in [3.63, 3.8) is 0 Å². The largest absolute Gasteiger partial charge is 0.338 e. The number of aromatic nitrogens is 2. The van der Waals surface area contributed by atoms with Crippen molar-refractivity contribution in [1.29, 1.82) is 0 Å². The maximum absolute atomic E-state index is 13.1. The highest BCUT2D eigenvalue weighted by Gasteiger charge is 2.40. The van der Waals surface area contributed by atoms with Gasteiger partial charge in [0.2, 0.25) is 5.89 Å². The molecule has 4 rings (SSSR count). The van der Waals surface area contributed by atoms with Crippen LogP contribution in [0.4, 0.5) is 4.39 Å². The first-order chi connectivity index (χ1) is 11.6. The first-order valence-electron chi connectivity index (χ1n) is 8.58. The number of piperazine rings is 1. The molecule has 3 unspecified atom stereocenters. The Bertz CT molecular complexity index is 701. The van der Waals surface area contributed by atoms with Crippen LogP contribution in [0.3, 0.4) is 0 Å². The zero-order valence-corrected chi connectivity index (χ0v) is 14.2. The third-order valence-electron chi connectivity index (χ3n) is 5.27. The van der Waals surface area contributed by atoms with Crippen molar-refractivity contribution in [2.75, 3.05) is 33.2 Å². The smallest absolute Gasteiger partial charge is 0.245 e. The van der Waals surface area contributed by atoms with Gasteiger partial charge in [-0.1, -0.05) is 17.3 Å². The van der Waals surface area contributed by atoms with Gasteiger partial charge in [0.05, 0.1) is 0 Å². The predicted molar refractivity (Wildman–Crippen MR) is 88.1 cm³/mol. The maximum Gasteiger partial charge on any atom is 0.245 e. The van der Waals surface area contributed by atoms with E-state index in [2.05, 4.69) is 27.0 Å². The second-order valence-electron chi connectivity index (χ2n) is 7.09. The predicted octanol–water partition coefficient (Wildman–Crippen LogP) is 2.61. The molecule has 2 heterocycles. The fraction of sp³-hybridized carbons (Fsp3) is 0.556. The highest BCUT2D eigenvalue weighted by atomic mass is 19.1. The van der Waals surface area contributed by atoms with E-state index in [9.17, 15) is 4.39 Å². The summed E-state index contributed by atoms with van der Waals surface area (Å²) in [6.45, 7) is 5.92. The number of likely N-dealkylation sites (N-methyl/N-ethyl adjacent to an activating group) is 1. The summed E-state index contributed by atoms with van der Waals surface area (Å²) in [6.07, 6.45) is 1.20. The standard InChI is InChI=1S/C18H23FN4O/c1-12-20-18(24-21-12)17-11-23(8-7-22(17)2)10-14-9-16(14)13-3-5-15(19)6-4-13/h3-6,14,16-17H,7-11H2,1-2H3. The van der Waals surface area contributed by atoms with Crippen molar-refractivity contribution in [3.05, 3.63) is 47.4 Å². The molecular weight excluding hydrogens is 307 g/mol. The van der Waals surface area contributed by atoms with Crippen LogP contribution in [0, 0.1) is 18.7 Å². The summed E-state index contributed by atoms with van der Waals surface area (Å²) in [4.78, 5) is 9.19. The quantitative estimate of drug-likeness (QED) is 0.862. The topological polar surface area (TPSA) is 45.4 Å². The molecule has 0 spiro atoms. The van der Waals surface area contributed by atoms with Crippen LogP contribution in [0.25, 0.3) is 0 Å². The molecule has 2 fully saturated rings. The molecule has 128 valence electrons. The summed E-state index contributed by atoms with van der Waals surface area (Å²) in [5.41, 5.74) is 1.26. The molecule has 0 amide bonds. The molecule has 1 aliphatic heterocycles. The molecular formula is C18H23FN4O. The van der Waals surface area contributed by atoms with E-state index in [4.69, 9.17) is 4.52 Å². The van der Waals surface area contributed by atoms with E-state index >= 15 is 0 Å². The number of halogens is 1. The van der Waals surface area contributed by atoms with E-state index in [-0.39, 0.29) is 11.9 Å². The number of hydrogen-bond acceptors (Lipinski definition) is 5. The lowest BCUT2D eigenvalue weighted by Gasteiger charge is -2.37. The second kappa shape index (κ2) is 6.26. The molecule has 1 aromatic carbocycles. The minimum Gasteiger partial charge on any atom is -0.338 e. The zero-order chi connectivity index (χ0) is 16.7. The van der Waals surface area contributed by atoms with Gasteiger partial charge >= 0.3 is 0 Å². The van der Waals surface area contributed by atoms with Gasteiger partial charge in [0.25, 0.3) is 0 Å². The van der Waals surface area contributed by atoms with Crippen LogP contribution < -0.4 is 0 Å². The minimum absolute atomic E-state index is 0.160. The van der Waals surface area contributed by atoms with Crippen LogP contribution in [-0.2, 0) is 0 Å². The summed E-state index contributed by atoms with van der Waals surface area (Å²) in [7, 11) is 2.11. The lowest BCUT2D eigenvalue weighted by molar-refractivity contribution is 0.0728. The van der Waals surface area contributed by atoms with E-state index in [1.54, 1.807) is 12.1 Å². The molecule has 0 N–H and O–H groups in total. The highest BCUT2D eigenvalue weighted by molar-refractivity contribution is 5.26. The van der Waals surface area contributed by atoms with Gasteiger partial charge in [0.1, 0.15) is 11.9 Å². The minimum atomic E-state index is -0.160. The molecule has 24 heavy (non-hydrogen) atoms. The number of aryl methyl sites for hydroxylation is 1. The Morgan fingerprint density at radius 3 is 2.75 bits per heavy atom. The first kappa shape index (κ1) is 15.7. The van der Waals surface area contributed by atoms with E-state index in [0.29, 0.717) is 23.6 Å². The monoisotopic (exact) mass is 330 g/mol. The number of hydrogen-bond donors (Lipinski definition) is 0. The Morgan fingerprint density at radius 1 is 1.25 bits per heavy atom. The Labute approximate surface area is 141 Å². The average Bonchev–Trinajstić information content (AvgIpc) is 3.20.